The maximum atomic E-state index is 8.71. The van der Waals surface area contributed by atoms with Crippen molar-refractivity contribution in [1.29, 1.82) is 5.26 Å². The summed E-state index contributed by atoms with van der Waals surface area (Å²) in [5.74, 6) is 0.922. The second-order valence-electron chi connectivity index (χ2n) is 3.53. The maximum absolute atomic E-state index is 8.71. The Kier molecular flexibility index (Phi) is 4.53. The average molecular weight is 222 g/mol. The molecule has 0 aromatic carbocycles. The van der Waals surface area contributed by atoms with Gasteiger partial charge in [-0.25, -0.2) is 9.97 Å². The molecule has 0 spiro atoms. The molecule has 1 aromatic heterocycles. The molecule has 0 aliphatic heterocycles. The number of nitrogens with two attached hydrogens (primary N) is 1. The van der Waals surface area contributed by atoms with Gasteiger partial charge in [0, 0.05) is 6.20 Å². The van der Waals surface area contributed by atoms with E-state index in [2.05, 4.69) is 16.0 Å². The Morgan fingerprint density at radius 3 is 3.07 bits per heavy atom. The number of nitrogens with zero attached hydrogens (tertiary/aromatic N) is 3. The molecule has 0 radical (unpaired) electrons. The lowest BCUT2D eigenvalue weighted by atomic mass is 10.0. The molecule has 0 aliphatic rings. The predicted molar refractivity (Wildman–Crippen MR) is 60.2 cm³/mol. The minimum atomic E-state index is -0.702. The molecule has 0 saturated carbocycles. The molecule has 0 aliphatic carbocycles. The number of thioether (sulfide) groups is 1. The first-order chi connectivity index (χ1) is 7.14. The second-order valence-corrected chi connectivity index (χ2v) is 4.64. The molecule has 4 nitrogen and oxygen atoms in total. The van der Waals surface area contributed by atoms with Crippen LogP contribution in [0.15, 0.2) is 23.6 Å². The van der Waals surface area contributed by atoms with Crippen LogP contribution in [0.2, 0.25) is 0 Å². The third-order valence-corrected chi connectivity index (χ3v) is 2.93. The van der Waals surface area contributed by atoms with E-state index in [0.717, 1.165) is 17.2 Å². The van der Waals surface area contributed by atoms with Crippen LogP contribution in [0.5, 0.6) is 0 Å². The Balaban J connectivity index is 2.21. The van der Waals surface area contributed by atoms with Crippen molar-refractivity contribution in [2.45, 2.75) is 30.3 Å². The third-order valence-electron chi connectivity index (χ3n) is 1.90. The first-order valence-electron chi connectivity index (χ1n) is 4.73. The van der Waals surface area contributed by atoms with Crippen LogP contribution in [-0.2, 0) is 0 Å². The largest absolute Gasteiger partial charge is 0.314 e. The van der Waals surface area contributed by atoms with Crippen molar-refractivity contribution in [3.8, 4) is 6.07 Å². The molecule has 0 fully saturated rings. The zero-order valence-corrected chi connectivity index (χ0v) is 9.50. The Morgan fingerprint density at radius 1 is 1.67 bits per heavy atom. The fourth-order valence-electron chi connectivity index (χ4n) is 1.04. The zero-order valence-electron chi connectivity index (χ0n) is 8.68. The summed E-state index contributed by atoms with van der Waals surface area (Å²) in [7, 11) is 0. The van der Waals surface area contributed by atoms with Crippen LogP contribution in [0.4, 0.5) is 0 Å². The van der Waals surface area contributed by atoms with Gasteiger partial charge in [-0.3, -0.25) is 0 Å². The third kappa shape index (κ3) is 4.77. The van der Waals surface area contributed by atoms with Gasteiger partial charge < -0.3 is 5.73 Å². The van der Waals surface area contributed by atoms with Crippen LogP contribution in [0.25, 0.3) is 0 Å². The minimum Gasteiger partial charge on any atom is -0.314 e. The smallest absolute Gasteiger partial charge is 0.116 e. The summed E-state index contributed by atoms with van der Waals surface area (Å²) in [4.78, 5) is 7.93. The Labute approximate surface area is 93.9 Å². The highest BCUT2D eigenvalue weighted by Gasteiger charge is 2.15. The van der Waals surface area contributed by atoms with Crippen molar-refractivity contribution in [2.24, 2.45) is 5.73 Å². The summed E-state index contributed by atoms with van der Waals surface area (Å²) < 4.78 is 0. The molecule has 80 valence electrons. The van der Waals surface area contributed by atoms with E-state index in [4.69, 9.17) is 11.0 Å². The highest BCUT2D eigenvalue weighted by molar-refractivity contribution is 7.99. The number of aromatic nitrogens is 2. The summed E-state index contributed by atoms with van der Waals surface area (Å²) in [6, 6.07) is 3.95. The minimum absolute atomic E-state index is 0.702. The number of rotatable bonds is 5. The van der Waals surface area contributed by atoms with Crippen LogP contribution in [0, 0.1) is 11.3 Å². The standard InChI is InChI=1S/C10H14N4S/c1-10(12,7-11)4-2-6-15-9-3-5-13-8-14-9/h3,5,8H,2,4,6,12H2,1H3. The lowest BCUT2D eigenvalue weighted by molar-refractivity contribution is 0.540. The van der Waals surface area contributed by atoms with Gasteiger partial charge in [0.25, 0.3) is 0 Å². The lowest BCUT2D eigenvalue weighted by Gasteiger charge is -2.13. The van der Waals surface area contributed by atoms with E-state index in [-0.39, 0.29) is 0 Å². The summed E-state index contributed by atoms with van der Waals surface area (Å²) >= 11 is 1.66. The molecule has 15 heavy (non-hydrogen) atoms. The molecule has 1 heterocycles. The van der Waals surface area contributed by atoms with Crippen molar-refractivity contribution in [3.05, 3.63) is 18.6 Å². The van der Waals surface area contributed by atoms with Crippen LogP contribution < -0.4 is 5.73 Å². The topological polar surface area (TPSA) is 75.6 Å². The van der Waals surface area contributed by atoms with E-state index in [1.54, 1.807) is 24.9 Å². The first-order valence-corrected chi connectivity index (χ1v) is 5.71. The first kappa shape index (κ1) is 12.0. The van der Waals surface area contributed by atoms with Crippen LogP contribution >= 0.6 is 11.8 Å². The Morgan fingerprint density at radius 2 is 2.47 bits per heavy atom. The van der Waals surface area contributed by atoms with E-state index in [9.17, 15) is 0 Å². The van der Waals surface area contributed by atoms with Crippen molar-refractivity contribution >= 4 is 11.8 Å². The molecule has 1 aromatic rings. The van der Waals surface area contributed by atoms with Crippen molar-refractivity contribution in [1.82, 2.24) is 9.97 Å². The lowest BCUT2D eigenvalue weighted by Crippen LogP contribution is -2.33. The SMILES string of the molecule is CC(N)(C#N)CCCSc1ccncn1. The summed E-state index contributed by atoms with van der Waals surface area (Å²) in [6.45, 7) is 1.75. The van der Waals surface area contributed by atoms with Gasteiger partial charge >= 0.3 is 0 Å². The highest BCUT2D eigenvalue weighted by atomic mass is 32.2. The van der Waals surface area contributed by atoms with E-state index in [1.165, 1.54) is 6.33 Å². The fraction of sp³-hybridized carbons (Fsp3) is 0.500. The molecule has 1 atom stereocenters. The van der Waals surface area contributed by atoms with Gasteiger partial charge in [-0.1, -0.05) is 0 Å². The molecule has 2 N–H and O–H groups in total. The molecule has 1 rings (SSSR count). The molecule has 0 amide bonds. The molecular weight excluding hydrogens is 208 g/mol. The van der Waals surface area contributed by atoms with E-state index in [0.29, 0.717) is 6.42 Å². The number of nitriles is 1. The number of hydrogen-bond donors (Lipinski definition) is 1. The highest BCUT2D eigenvalue weighted by Crippen LogP contribution is 2.17. The van der Waals surface area contributed by atoms with Crippen molar-refractivity contribution in [3.63, 3.8) is 0 Å². The average Bonchev–Trinajstić information content (AvgIpc) is 2.26. The van der Waals surface area contributed by atoms with Crippen molar-refractivity contribution < 1.29 is 0 Å². The van der Waals surface area contributed by atoms with Gasteiger partial charge in [0.1, 0.15) is 11.9 Å². The molecule has 0 saturated heterocycles. The normalized spacial score (nSPS) is 14.2. The van der Waals surface area contributed by atoms with Gasteiger partial charge in [0.2, 0.25) is 0 Å². The van der Waals surface area contributed by atoms with Gasteiger partial charge in [0.05, 0.1) is 11.1 Å². The van der Waals surface area contributed by atoms with Gasteiger partial charge in [0.15, 0.2) is 0 Å². The molecule has 0 bridgehead atoms. The fourth-order valence-corrected chi connectivity index (χ4v) is 1.81. The monoisotopic (exact) mass is 222 g/mol. The van der Waals surface area contributed by atoms with Crippen LogP contribution in [0.1, 0.15) is 19.8 Å². The number of hydrogen-bond acceptors (Lipinski definition) is 5. The second kappa shape index (κ2) is 5.69. The zero-order chi connectivity index (χ0) is 11.1. The van der Waals surface area contributed by atoms with Gasteiger partial charge in [-0.15, -0.1) is 11.8 Å². The van der Waals surface area contributed by atoms with Crippen molar-refractivity contribution in [2.75, 3.05) is 5.75 Å². The van der Waals surface area contributed by atoms with E-state index in [1.807, 2.05) is 6.07 Å². The van der Waals surface area contributed by atoms with Gasteiger partial charge in [-0.05, 0) is 31.6 Å². The molecular formula is C10H14N4S. The summed E-state index contributed by atoms with van der Waals surface area (Å²) in [5.41, 5.74) is 5.00. The maximum Gasteiger partial charge on any atom is 0.116 e. The van der Waals surface area contributed by atoms with Crippen LogP contribution in [0.3, 0.4) is 0 Å². The Bertz CT molecular complexity index is 331. The quantitative estimate of drug-likeness (QED) is 0.465. The predicted octanol–water partition coefficient (Wildman–Crippen LogP) is 1.59. The summed E-state index contributed by atoms with van der Waals surface area (Å²) in [6.07, 6.45) is 4.87. The molecule has 5 heteroatoms. The van der Waals surface area contributed by atoms with Crippen LogP contribution in [-0.4, -0.2) is 21.3 Å². The molecule has 1 unspecified atom stereocenters. The van der Waals surface area contributed by atoms with E-state index >= 15 is 0 Å². The Hall–Kier alpha value is -1.12. The van der Waals surface area contributed by atoms with Gasteiger partial charge in [-0.2, -0.15) is 5.26 Å². The van der Waals surface area contributed by atoms with E-state index < -0.39 is 5.54 Å². The summed E-state index contributed by atoms with van der Waals surface area (Å²) in [5, 5.41) is 9.67.